The fourth-order valence-electron chi connectivity index (χ4n) is 2.97. The molecule has 0 bridgehead atoms. The van der Waals surface area contributed by atoms with Gasteiger partial charge >= 0.3 is 6.18 Å². The molecule has 0 saturated carbocycles. The molecule has 1 saturated heterocycles. The van der Waals surface area contributed by atoms with Gasteiger partial charge < -0.3 is 10.2 Å². The summed E-state index contributed by atoms with van der Waals surface area (Å²) >= 11 is 0. The third kappa shape index (κ3) is 4.71. The lowest BCUT2D eigenvalue weighted by molar-refractivity contribution is -0.137. The van der Waals surface area contributed by atoms with E-state index < -0.39 is 29.7 Å². The quantitative estimate of drug-likeness (QED) is 0.785. The van der Waals surface area contributed by atoms with E-state index in [1.807, 2.05) is 6.07 Å². The number of carbonyl (C=O) groups excluding carboxylic acids is 2. The molecule has 1 atom stereocenters. The predicted octanol–water partition coefficient (Wildman–Crippen LogP) is 4.01. The van der Waals surface area contributed by atoms with Crippen LogP contribution in [-0.4, -0.2) is 36.0 Å². The minimum atomic E-state index is -4.74. The molecule has 0 unspecified atom stereocenters. The standard InChI is InChI=1S/C20H15F4N3O2/c21-16-5-6-27(11-16)19(29)14-7-15(20(22,23)24)9-17(8-14)26-18(28)13-3-1-12(10-25)2-4-13/h1-4,7-9,16H,5-6,11H2,(H,26,28)/t16-/m1/s1. The first-order valence-corrected chi connectivity index (χ1v) is 8.64. The van der Waals surface area contributed by atoms with Gasteiger partial charge in [-0.1, -0.05) is 0 Å². The van der Waals surface area contributed by atoms with Crippen LogP contribution >= 0.6 is 0 Å². The highest BCUT2D eigenvalue weighted by Crippen LogP contribution is 2.33. The van der Waals surface area contributed by atoms with Gasteiger partial charge in [0.15, 0.2) is 0 Å². The summed E-state index contributed by atoms with van der Waals surface area (Å²) in [7, 11) is 0. The van der Waals surface area contributed by atoms with Gasteiger partial charge in [-0.05, 0) is 48.9 Å². The number of halogens is 4. The summed E-state index contributed by atoms with van der Waals surface area (Å²) in [5, 5.41) is 11.1. The van der Waals surface area contributed by atoms with Crippen molar-refractivity contribution in [3.05, 3.63) is 64.7 Å². The van der Waals surface area contributed by atoms with Crippen molar-refractivity contribution in [1.29, 1.82) is 5.26 Å². The number of rotatable bonds is 3. The number of hydrogen-bond acceptors (Lipinski definition) is 3. The van der Waals surface area contributed by atoms with E-state index in [-0.39, 0.29) is 36.3 Å². The van der Waals surface area contributed by atoms with Crippen LogP contribution in [-0.2, 0) is 6.18 Å². The molecule has 2 aromatic carbocycles. The predicted molar refractivity (Wildman–Crippen MR) is 96.0 cm³/mol. The Balaban J connectivity index is 1.89. The van der Waals surface area contributed by atoms with E-state index in [0.29, 0.717) is 11.6 Å². The highest BCUT2D eigenvalue weighted by Gasteiger charge is 2.33. The Bertz CT molecular complexity index is 981. The van der Waals surface area contributed by atoms with Crippen molar-refractivity contribution in [3.63, 3.8) is 0 Å². The number of anilines is 1. The minimum Gasteiger partial charge on any atom is -0.336 e. The number of amides is 2. The van der Waals surface area contributed by atoms with Crippen molar-refractivity contribution in [2.24, 2.45) is 0 Å². The first-order valence-electron chi connectivity index (χ1n) is 8.64. The second-order valence-corrected chi connectivity index (χ2v) is 6.58. The second-order valence-electron chi connectivity index (χ2n) is 6.58. The number of likely N-dealkylation sites (tertiary alicyclic amines) is 1. The molecule has 9 heteroatoms. The minimum absolute atomic E-state index is 0.114. The molecule has 1 aliphatic heterocycles. The molecule has 5 nitrogen and oxygen atoms in total. The van der Waals surface area contributed by atoms with Gasteiger partial charge in [-0.25, -0.2) is 4.39 Å². The highest BCUT2D eigenvalue weighted by atomic mass is 19.4. The van der Waals surface area contributed by atoms with E-state index in [9.17, 15) is 27.2 Å². The fourth-order valence-corrected chi connectivity index (χ4v) is 2.97. The second kappa shape index (κ2) is 7.91. The summed E-state index contributed by atoms with van der Waals surface area (Å²) < 4.78 is 53.2. The summed E-state index contributed by atoms with van der Waals surface area (Å²) in [6.07, 6.45) is -5.81. The molecule has 3 rings (SSSR count). The van der Waals surface area contributed by atoms with Crippen molar-refractivity contribution in [2.45, 2.75) is 18.8 Å². The van der Waals surface area contributed by atoms with Crippen LogP contribution in [0.1, 0.15) is 38.3 Å². The van der Waals surface area contributed by atoms with Gasteiger partial charge in [0.25, 0.3) is 11.8 Å². The molecule has 2 amide bonds. The van der Waals surface area contributed by atoms with Crippen molar-refractivity contribution < 1.29 is 27.2 Å². The Kier molecular flexibility index (Phi) is 5.55. The SMILES string of the molecule is N#Cc1ccc(C(=O)Nc2cc(C(=O)N3CC[C@@H](F)C3)cc(C(F)(F)F)c2)cc1. The van der Waals surface area contributed by atoms with Crippen LogP contribution in [0.5, 0.6) is 0 Å². The third-order valence-corrected chi connectivity index (χ3v) is 4.46. The third-order valence-electron chi connectivity index (χ3n) is 4.46. The van der Waals surface area contributed by atoms with E-state index in [1.165, 1.54) is 24.3 Å². The van der Waals surface area contributed by atoms with Crippen molar-refractivity contribution in [3.8, 4) is 6.07 Å². The van der Waals surface area contributed by atoms with Crippen LogP contribution in [0, 0.1) is 11.3 Å². The Hall–Kier alpha value is -3.41. The Morgan fingerprint density at radius 3 is 2.34 bits per heavy atom. The van der Waals surface area contributed by atoms with E-state index >= 15 is 0 Å². The van der Waals surface area contributed by atoms with Gasteiger partial charge in [0.05, 0.1) is 23.7 Å². The maximum Gasteiger partial charge on any atom is 0.416 e. The van der Waals surface area contributed by atoms with Gasteiger partial charge in [-0.2, -0.15) is 18.4 Å². The van der Waals surface area contributed by atoms with Crippen LogP contribution in [0.3, 0.4) is 0 Å². The summed E-state index contributed by atoms with van der Waals surface area (Å²) in [6, 6.07) is 9.95. The van der Waals surface area contributed by atoms with Crippen LogP contribution < -0.4 is 5.32 Å². The van der Waals surface area contributed by atoms with E-state index in [4.69, 9.17) is 5.26 Å². The number of benzene rings is 2. The molecule has 1 aliphatic rings. The lowest BCUT2D eigenvalue weighted by atomic mass is 10.1. The first kappa shape index (κ1) is 20.3. The fraction of sp³-hybridized carbons (Fsp3) is 0.250. The van der Waals surface area contributed by atoms with Gasteiger partial charge in [0.1, 0.15) is 6.17 Å². The molecule has 0 radical (unpaired) electrons. The average Bonchev–Trinajstić information content (AvgIpc) is 3.12. The molecular formula is C20H15F4N3O2. The molecule has 0 aromatic heterocycles. The Morgan fingerprint density at radius 2 is 1.79 bits per heavy atom. The Morgan fingerprint density at radius 1 is 1.10 bits per heavy atom. The topological polar surface area (TPSA) is 73.2 Å². The van der Waals surface area contributed by atoms with Crippen molar-refractivity contribution in [2.75, 3.05) is 18.4 Å². The van der Waals surface area contributed by atoms with Crippen LogP contribution in [0.25, 0.3) is 0 Å². The van der Waals surface area contributed by atoms with E-state index in [2.05, 4.69) is 5.32 Å². The first-order chi connectivity index (χ1) is 13.7. The number of nitrogens with one attached hydrogen (secondary N) is 1. The van der Waals surface area contributed by atoms with E-state index in [0.717, 1.165) is 17.0 Å². The largest absolute Gasteiger partial charge is 0.416 e. The molecule has 2 aromatic rings. The van der Waals surface area contributed by atoms with Crippen LogP contribution in [0.2, 0.25) is 0 Å². The number of hydrogen-bond donors (Lipinski definition) is 1. The van der Waals surface area contributed by atoms with Crippen molar-refractivity contribution in [1.82, 2.24) is 4.90 Å². The molecule has 29 heavy (non-hydrogen) atoms. The molecule has 150 valence electrons. The van der Waals surface area contributed by atoms with Gasteiger partial charge in [-0.15, -0.1) is 0 Å². The number of nitriles is 1. The lowest BCUT2D eigenvalue weighted by Crippen LogP contribution is -2.29. The summed E-state index contributed by atoms with van der Waals surface area (Å²) in [5.74, 6) is -1.43. The zero-order valence-corrected chi connectivity index (χ0v) is 15.0. The lowest BCUT2D eigenvalue weighted by Gasteiger charge is -2.18. The maximum atomic E-state index is 13.4. The molecular weight excluding hydrogens is 390 g/mol. The normalized spacial score (nSPS) is 16.4. The summed E-state index contributed by atoms with van der Waals surface area (Å²) in [5.41, 5.74) is -1.15. The number of alkyl halides is 4. The molecule has 1 fully saturated rings. The smallest absolute Gasteiger partial charge is 0.336 e. The molecule has 0 spiro atoms. The zero-order chi connectivity index (χ0) is 21.2. The molecule has 1 heterocycles. The van der Waals surface area contributed by atoms with E-state index in [1.54, 1.807) is 0 Å². The maximum absolute atomic E-state index is 13.4. The summed E-state index contributed by atoms with van der Waals surface area (Å²) in [4.78, 5) is 26.0. The van der Waals surface area contributed by atoms with Gasteiger partial charge in [0, 0.05) is 23.4 Å². The van der Waals surface area contributed by atoms with Gasteiger partial charge in [-0.3, -0.25) is 9.59 Å². The number of carbonyl (C=O) groups is 2. The Labute approximate surface area is 163 Å². The van der Waals surface area contributed by atoms with Crippen molar-refractivity contribution >= 4 is 17.5 Å². The summed E-state index contributed by atoms with van der Waals surface area (Å²) in [6.45, 7) is -0.0643. The zero-order valence-electron chi connectivity index (χ0n) is 15.0. The highest BCUT2D eigenvalue weighted by molar-refractivity contribution is 6.05. The monoisotopic (exact) mass is 405 g/mol. The van der Waals surface area contributed by atoms with Gasteiger partial charge in [0.2, 0.25) is 0 Å². The molecule has 1 N–H and O–H groups in total. The van der Waals surface area contributed by atoms with Crippen LogP contribution in [0.15, 0.2) is 42.5 Å². The molecule has 0 aliphatic carbocycles. The number of nitrogens with zero attached hydrogens (tertiary/aromatic N) is 2. The van der Waals surface area contributed by atoms with Crippen LogP contribution in [0.4, 0.5) is 23.2 Å². The average molecular weight is 405 g/mol.